The maximum Gasteiger partial charge on any atom is 0.340 e. The molecule has 3 heteroatoms. The Balaban J connectivity index is 2.27. The van der Waals surface area contributed by atoms with Gasteiger partial charge in [-0.25, -0.2) is 4.79 Å². The Kier molecular flexibility index (Phi) is 2.44. The molecular weight excluding hydrogens is 280 g/mol. The summed E-state index contributed by atoms with van der Waals surface area (Å²) in [5, 5.41) is 1.94. The van der Waals surface area contributed by atoms with Gasteiger partial charge in [0, 0.05) is 5.56 Å². The molecule has 2 nitrogen and oxygen atoms in total. The van der Waals surface area contributed by atoms with Crippen LogP contribution in [0.2, 0.25) is 0 Å². The van der Waals surface area contributed by atoms with E-state index in [4.69, 9.17) is 4.74 Å². The highest BCUT2D eigenvalue weighted by Crippen LogP contribution is 2.37. The number of alkyl halides is 1. The first-order chi connectivity index (χ1) is 8.19. The van der Waals surface area contributed by atoms with Crippen LogP contribution in [-0.4, -0.2) is 5.97 Å². The number of fused-ring (bicyclic) bond motifs is 2. The SMILES string of the molecule is CCc1ccc2cc3c(cc2c1)C(=O)OC3Br. The molecule has 0 amide bonds. The third kappa shape index (κ3) is 1.65. The van der Waals surface area contributed by atoms with Crippen molar-refractivity contribution >= 4 is 32.7 Å². The maximum absolute atomic E-state index is 11.6. The monoisotopic (exact) mass is 290 g/mol. The van der Waals surface area contributed by atoms with Gasteiger partial charge in [0.2, 0.25) is 0 Å². The molecule has 17 heavy (non-hydrogen) atoms. The highest BCUT2D eigenvalue weighted by Gasteiger charge is 2.29. The van der Waals surface area contributed by atoms with Crippen molar-refractivity contribution in [2.24, 2.45) is 0 Å². The highest BCUT2D eigenvalue weighted by atomic mass is 79.9. The van der Waals surface area contributed by atoms with Crippen molar-refractivity contribution in [1.29, 1.82) is 0 Å². The first-order valence-electron chi connectivity index (χ1n) is 5.60. The van der Waals surface area contributed by atoms with Gasteiger partial charge in [-0.15, -0.1) is 0 Å². The fraction of sp³-hybridized carbons (Fsp3) is 0.214. The number of aryl methyl sites for hydroxylation is 1. The number of carbonyl (C=O) groups is 1. The van der Waals surface area contributed by atoms with E-state index < -0.39 is 0 Å². The summed E-state index contributed by atoms with van der Waals surface area (Å²) in [6, 6.07) is 10.3. The zero-order valence-electron chi connectivity index (χ0n) is 9.37. The summed E-state index contributed by atoms with van der Waals surface area (Å²) in [5.74, 6) is -0.245. The van der Waals surface area contributed by atoms with Gasteiger partial charge in [-0.3, -0.25) is 0 Å². The number of rotatable bonds is 1. The fourth-order valence-electron chi connectivity index (χ4n) is 2.17. The third-order valence-corrected chi connectivity index (χ3v) is 3.84. The molecule has 0 fully saturated rings. The Morgan fingerprint density at radius 1 is 1.24 bits per heavy atom. The average molecular weight is 291 g/mol. The number of benzene rings is 2. The van der Waals surface area contributed by atoms with Crippen LogP contribution >= 0.6 is 15.9 Å². The lowest BCUT2D eigenvalue weighted by Gasteiger charge is -2.04. The van der Waals surface area contributed by atoms with Gasteiger partial charge in [0.1, 0.15) is 0 Å². The van der Waals surface area contributed by atoms with Crippen LogP contribution in [0.5, 0.6) is 0 Å². The predicted octanol–water partition coefficient (Wildman–Crippen LogP) is 3.97. The van der Waals surface area contributed by atoms with Crippen LogP contribution in [0.15, 0.2) is 30.3 Å². The molecule has 0 aliphatic carbocycles. The molecule has 0 spiro atoms. The third-order valence-electron chi connectivity index (χ3n) is 3.16. The van der Waals surface area contributed by atoms with E-state index in [1.807, 2.05) is 12.1 Å². The van der Waals surface area contributed by atoms with Crippen molar-refractivity contribution < 1.29 is 9.53 Å². The second kappa shape index (κ2) is 3.84. The lowest BCUT2D eigenvalue weighted by atomic mass is 10.00. The van der Waals surface area contributed by atoms with Gasteiger partial charge in [0.25, 0.3) is 0 Å². The van der Waals surface area contributed by atoms with Crippen molar-refractivity contribution in [1.82, 2.24) is 0 Å². The van der Waals surface area contributed by atoms with Gasteiger partial charge >= 0.3 is 5.97 Å². The largest absolute Gasteiger partial charge is 0.442 e. The van der Waals surface area contributed by atoms with E-state index >= 15 is 0 Å². The smallest absolute Gasteiger partial charge is 0.340 e. The molecule has 86 valence electrons. The Hall–Kier alpha value is -1.35. The summed E-state index contributed by atoms with van der Waals surface area (Å²) in [7, 11) is 0. The van der Waals surface area contributed by atoms with E-state index in [-0.39, 0.29) is 11.0 Å². The van der Waals surface area contributed by atoms with E-state index in [0.29, 0.717) is 5.56 Å². The van der Waals surface area contributed by atoms with Crippen LogP contribution in [0.4, 0.5) is 0 Å². The van der Waals surface area contributed by atoms with Gasteiger partial charge in [-0.1, -0.05) is 25.1 Å². The first-order valence-corrected chi connectivity index (χ1v) is 6.52. The Labute approximate surface area is 108 Å². The number of hydrogen-bond acceptors (Lipinski definition) is 2. The molecule has 0 N–H and O–H groups in total. The van der Waals surface area contributed by atoms with Gasteiger partial charge < -0.3 is 4.74 Å². The summed E-state index contributed by atoms with van der Waals surface area (Å²) < 4.78 is 5.14. The number of ether oxygens (including phenoxy) is 1. The predicted molar refractivity (Wildman–Crippen MR) is 70.4 cm³/mol. The maximum atomic E-state index is 11.6. The van der Waals surface area contributed by atoms with E-state index in [9.17, 15) is 4.79 Å². The topological polar surface area (TPSA) is 26.3 Å². The van der Waals surface area contributed by atoms with Crippen molar-refractivity contribution in [3.63, 3.8) is 0 Å². The lowest BCUT2D eigenvalue weighted by molar-refractivity contribution is 0.0530. The summed E-state index contributed by atoms with van der Waals surface area (Å²) in [4.78, 5) is 11.6. The summed E-state index contributed by atoms with van der Waals surface area (Å²) in [6.45, 7) is 2.12. The molecule has 3 rings (SSSR count). The van der Waals surface area contributed by atoms with E-state index in [0.717, 1.165) is 22.8 Å². The molecule has 0 saturated heterocycles. The molecule has 2 aromatic carbocycles. The van der Waals surface area contributed by atoms with Crippen molar-refractivity contribution in [2.45, 2.75) is 18.4 Å². The Morgan fingerprint density at radius 3 is 2.82 bits per heavy atom. The molecule has 0 bridgehead atoms. The van der Waals surface area contributed by atoms with Crippen LogP contribution in [0.25, 0.3) is 10.8 Å². The van der Waals surface area contributed by atoms with E-state index in [2.05, 4.69) is 41.1 Å². The van der Waals surface area contributed by atoms with Crippen molar-refractivity contribution in [2.75, 3.05) is 0 Å². The molecule has 0 radical (unpaired) electrons. The van der Waals surface area contributed by atoms with Gasteiger partial charge in [-0.2, -0.15) is 0 Å². The molecule has 1 aliphatic rings. The Morgan fingerprint density at radius 2 is 2.06 bits per heavy atom. The first kappa shape index (κ1) is 10.8. The van der Waals surface area contributed by atoms with E-state index in [1.54, 1.807) is 0 Å². The van der Waals surface area contributed by atoms with Gasteiger partial charge in [0.05, 0.1) is 5.56 Å². The van der Waals surface area contributed by atoms with Crippen molar-refractivity contribution in [3.8, 4) is 0 Å². The number of esters is 1. The second-order valence-electron chi connectivity index (χ2n) is 4.20. The summed E-state index contributed by atoms with van der Waals surface area (Å²) in [5.41, 5.74) is 2.87. The standard InChI is InChI=1S/C14H11BrO2/c1-2-8-3-4-9-6-11-12(7-10(9)5-8)14(16)17-13(11)15/h3-7,13H,2H2,1H3. The molecule has 1 aliphatic heterocycles. The number of carbonyl (C=O) groups excluding carboxylic acids is 1. The van der Waals surface area contributed by atoms with Crippen LogP contribution in [0, 0.1) is 0 Å². The number of cyclic esters (lactones) is 1. The van der Waals surface area contributed by atoms with Gasteiger partial charge in [-0.05, 0) is 50.8 Å². The molecule has 1 unspecified atom stereocenters. The normalized spacial score (nSPS) is 18.2. The molecule has 2 aromatic rings. The van der Waals surface area contributed by atoms with Crippen molar-refractivity contribution in [3.05, 3.63) is 47.0 Å². The zero-order valence-corrected chi connectivity index (χ0v) is 11.0. The van der Waals surface area contributed by atoms with Crippen LogP contribution in [0.3, 0.4) is 0 Å². The van der Waals surface area contributed by atoms with Crippen LogP contribution in [-0.2, 0) is 11.2 Å². The molecule has 1 heterocycles. The fourth-order valence-corrected chi connectivity index (χ4v) is 2.72. The Bertz CT molecular complexity index is 619. The highest BCUT2D eigenvalue weighted by molar-refractivity contribution is 9.09. The molecular formula is C14H11BrO2. The zero-order chi connectivity index (χ0) is 12.0. The van der Waals surface area contributed by atoms with E-state index in [1.165, 1.54) is 5.56 Å². The molecule has 0 saturated carbocycles. The summed E-state index contributed by atoms with van der Waals surface area (Å²) >= 11 is 3.35. The molecule has 0 aromatic heterocycles. The molecule has 1 atom stereocenters. The van der Waals surface area contributed by atoms with Gasteiger partial charge in [0.15, 0.2) is 5.01 Å². The number of hydrogen-bond donors (Lipinski definition) is 0. The van der Waals surface area contributed by atoms with Crippen LogP contribution in [0.1, 0.15) is 33.4 Å². The quantitative estimate of drug-likeness (QED) is 0.587. The second-order valence-corrected chi connectivity index (χ2v) is 5.03. The minimum Gasteiger partial charge on any atom is -0.442 e. The minimum absolute atomic E-state index is 0.245. The average Bonchev–Trinajstić information content (AvgIpc) is 2.62. The lowest BCUT2D eigenvalue weighted by Crippen LogP contribution is -1.93. The minimum atomic E-state index is -0.305. The summed E-state index contributed by atoms with van der Waals surface area (Å²) in [6.07, 6.45) is 0.999. The number of halogens is 1. The van der Waals surface area contributed by atoms with Crippen LogP contribution < -0.4 is 0 Å².